The van der Waals surface area contributed by atoms with Gasteiger partial charge in [-0.2, -0.15) is 0 Å². The lowest BCUT2D eigenvalue weighted by molar-refractivity contribution is -0.150. The molecule has 2 nitrogen and oxygen atoms in total. The van der Waals surface area contributed by atoms with Crippen LogP contribution in [0.15, 0.2) is 0 Å². The van der Waals surface area contributed by atoms with Gasteiger partial charge in [-0.25, -0.2) is 0 Å². The molecule has 0 radical (unpaired) electrons. The zero-order valence-electron chi connectivity index (χ0n) is 7.02. The van der Waals surface area contributed by atoms with Crippen LogP contribution in [0.1, 0.15) is 26.2 Å². The van der Waals surface area contributed by atoms with Gasteiger partial charge >= 0.3 is 5.97 Å². The molecule has 12 heavy (non-hydrogen) atoms. The molecule has 1 heterocycles. The van der Waals surface area contributed by atoms with E-state index in [2.05, 4.69) is 23.7 Å². The van der Waals surface area contributed by atoms with Gasteiger partial charge in [0.15, 0.2) is 6.10 Å². The topological polar surface area (TPSA) is 26.3 Å². The highest BCUT2D eigenvalue weighted by atomic mass is 16.5. The Bertz CT molecular complexity index is 282. The molecule has 0 aromatic rings. The number of carbonyl (C=O) groups excluding carboxylic acids is 1. The van der Waals surface area contributed by atoms with Gasteiger partial charge in [0.2, 0.25) is 0 Å². The molecule has 0 bridgehead atoms. The van der Waals surface area contributed by atoms with Crippen LogP contribution in [-0.2, 0) is 9.53 Å². The second-order valence-corrected chi connectivity index (χ2v) is 2.52. The maximum Gasteiger partial charge on any atom is 0.307 e. The van der Waals surface area contributed by atoms with E-state index in [1.807, 2.05) is 0 Å². The molecule has 1 unspecified atom stereocenters. The van der Waals surface area contributed by atoms with Crippen molar-refractivity contribution in [3.05, 3.63) is 0 Å². The van der Waals surface area contributed by atoms with Crippen molar-refractivity contribution in [2.75, 3.05) is 0 Å². The summed E-state index contributed by atoms with van der Waals surface area (Å²) < 4.78 is 4.95. The highest BCUT2D eigenvalue weighted by Gasteiger charge is 2.17. The van der Waals surface area contributed by atoms with Gasteiger partial charge in [0.1, 0.15) is 0 Å². The molecule has 0 saturated carbocycles. The summed E-state index contributed by atoms with van der Waals surface area (Å²) in [4.78, 5) is 10.8. The van der Waals surface area contributed by atoms with E-state index in [0.29, 0.717) is 6.42 Å². The van der Waals surface area contributed by atoms with E-state index >= 15 is 0 Å². The van der Waals surface area contributed by atoms with E-state index in [4.69, 9.17) is 4.74 Å². The maximum absolute atomic E-state index is 10.8. The van der Waals surface area contributed by atoms with Crippen molar-refractivity contribution in [1.29, 1.82) is 0 Å². The van der Waals surface area contributed by atoms with Gasteiger partial charge in [-0.1, -0.05) is 5.92 Å². The number of hydrogen-bond acceptors (Lipinski definition) is 2. The van der Waals surface area contributed by atoms with Crippen molar-refractivity contribution in [2.45, 2.75) is 32.3 Å². The van der Waals surface area contributed by atoms with Gasteiger partial charge in [-0.05, 0) is 37.5 Å². The minimum atomic E-state index is -0.230. The molecule has 62 valence electrons. The second kappa shape index (κ2) is 4.46. The Morgan fingerprint density at radius 1 is 1.50 bits per heavy atom. The number of rotatable bonds is 0. The molecule has 0 spiro atoms. The number of ether oxygens (including phenoxy) is 1. The molecular weight excluding hydrogens is 152 g/mol. The summed E-state index contributed by atoms with van der Waals surface area (Å²) in [5.41, 5.74) is 0. The molecule has 1 fully saturated rings. The van der Waals surface area contributed by atoms with E-state index in [1.165, 1.54) is 0 Å². The standard InChI is InChI=1S/C10H10O2/c1-2-3-4-6-9-7-5-8-10(11)12-9/h9H,5,7-8H2,1H3. The van der Waals surface area contributed by atoms with E-state index in [-0.39, 0.29) is 12.1 Å². The summed E-state index contributed by atoms with van der Waals surface area (Å²) in [5, 5.41) is 0. The summed E-state index contributed by atoms with van der Waals surface area (Å²) in [6.07, 6.45) is 2.01. The van der Waals surface area contributed by atoms with Crippen molar-refractivity contribution in [3.8, 4) is 23.7 Å². The Labute approximate surface area is 72.3 Å². The molecular formula is C10H10O2. The van der Waals surface area contributed by atoms with E-state index in [9.17, 15) is 4.79 Å². The molecule has 0 aromatic carbocycles. The summed E-state index contributed by atoms with van der Waals surface area (Å²) in [6, 6.07) is 0. The van der Waals surface area contributed by atoms with Crippen LogP contribution < -0.4 is 0 Å². The third kappa shape index (κ3) is 2.68. The molecule has 2 heteroatoms. The fourth-order valence-corrected chi connectivity index (χ4v) is 0.989. The summed E-state index contributed by atoms with van der Waals surface area (Å²) in [7, 11) is 0. The molecule has 1 rings (SSSR count). The van der Waals surface area contributed by atoms with Crippen molar-refractivity contribution in [1.82, 2.24) is 0 Å². The third-order valence-corrected chi connectivity index (χ3v) is 1.54. The normalized spacial score (nSPS) is 21.1. The van der Waals surface area contributed by atoms with Crippen LogP contribution in [0.3, 0.4) is 0 Å². The first kappa shape index (κ1) is 8.68. The van der Waals surface area contributed by atoms with Gasteiger partial charge in [-0.15, -0.1) is 0 Å². The summed E-state index contributed by atoms with van der Waals surface area (Å²) >= 11 is 0. The maximum atomic E-state index is 10.8. The van der Waals surface area contributed by atoms with Gasteiger partial charge in [0, 0.05) is 6.42 Å². The molecule has 0 aromatic heterocycles. The van der Waals surface area contributed by atoms with Crippen LogP contribution in [0.5, 0.6) is 0 Å². The number of esters is 1. The van der Waals surface area contributed by atoms with Crippen LogP contribution >= 0.6 is 0 Å². The second-order valence-electron chi connectivity index (χ2n) is 2.52. The molecule has 1 saturated heterocycles. The highest BCUT2D eigenvalue weighted by Crippen LogP contribution is 2.12. The molecule has 0 aliphatic carbocycles. The van der Waals surface area contributed by atoms with Crippen molar-refractivity contribution >= 4 is 5.97 Å². The fraction of sp³-hybridized carbons (Fsp3) is 0.500. The predicted octanol–water partition coefficient (Wildman–Crippen LogP) is 1.11. The van der Waals surface area contributed by atoms with Gasteiger partial charge in [0.25, 0.3) is 0 Å². The van der Waals surface area contributed by atoms with Crippen LogP contribution in [0.4, 0.5) is 0 Å². The predicted molar refractivity (Wildman–Crippen MR) is 45.0 cm³/mol. The quantitative estimate of drug-likeness (QED) is 0.394. The highest BCUT2D eigenvalue weighted by molar-refractivity contribution is 5.70. The first-order valence-electron chi connectivity index (χ1n) is 3.94. The Balaban J connectivity index is 2.46. The fourth-order valence-electron chi connectivity index (χ4n) is 0.989. The molecule has 0 amide bonds. The Morgan fingerprint density at radius 3 is 3.00 bits per heavy atom. The first-order valence-corrected chi connectivity index (χ1v) is 3.94. The number of carbonyl (C=O) groups is 1. The van der Waals surface area contributed by atoms with Crippen LogP contribution in [-0.4, -0.2) is 12.1 Å². The van der Waals surface area contributed by atoms with Crippen LogP contribution in [0.25, 0.3) is 0 Å². The monoisotopic (exact) mass is 162 g/mol. The largest absolute Gasteiger partial charge is 0.449 e. The zero-order valence-corrected chi connectivity index (χ0v) is 7.02. The Morgan fingerprint density at radius 2 is 2.33 bits per heavy atom. The van der Waals surface area contributed by atoms with Gasteiger partial charge in [0.05, 0.1) is 0 Å². The number of hydrogen-bond donors (Lipinski definition) is 0. The molecule has 1 atom stereocenters. The minimum Gasteiger partial charge on any atom is -0.449 e. The summed E-state index contributed by atoms with van der Waals surface area (Å²) in [5.74, 6) is 10.5. The van der Waals surface area contributed by atoms with Crippen LogP contribution in [0, 0.1) is 23.7 Å². The average Bonchev–Trinajstić information content (AvgIpc) is 2.05. The summed E-state index contributed by atoms with van der Waals surface area (Å²) in [6.45, 7) is 1.72. The van der Waals surface area contributed by atoms with E-state index in [0.717, 1.165) is 12.8 Å². The van der Waals surface area contributed by atoms with E-state index < -0.39 is 0 Å². The average molecular weight is 162 g/mol. The Kier molecular flexibility index (Phi) is 3.23. The lowest BCUT2D eigenvalue weighted by Gasteiger charge is -2.16. The third-order valence-electron chi connectivity index (χ3n) is 1.54. The smallest absolute Gasteiger partial charge is 0.307 e. The first-order chi connectivity index (χ1) is 5.83. The SMILES string of the molecule is CC#CC#CC1CCCC(=O)O1. The molecule has 0 N–H and O–H groups in total. The zero-order chi connectivity index (χ0) is 8.81. The Hall–Kier alpha value is -1.41. The lowest BCUT2D eigenvalue weighted by atomic mass is 10.1. The lowest BCUT2D eigenvalue weighted by Crippen LogP contribution is -2.21. The molecule has 1 aliphatic rings. The van der Waals surface area contributed by atoms with Crippen molar-refractivity contribution < 1.29 is 9.53 Å². The van der Waals surface area contributed by atoms with Gasteiger partial charge < -0.3 is 4.74 Å². The molecule has 1 aliphatic heterocycles. The minimum absolute atomic E-state index is 0.148. The van der Waals surface area contributed by atoms with Crippen molar-refractivity contribution in [3.63, 3.8) is 0 Å². The van der Waals surface area contributed by atoms with Gasteiger partial charge in [-0.3, -0.25) is 4.79 Å². The van der Waals surface area contributed by atoms with Crippen molar-refractivity contribution in [2.24, 2.45) is 0 Å². The number of cyclic esters (lactones) is 1. The van der Waals surface area contributed by atoms with Crippen LogP contribution in [0.2, 0.25) is 0 Å². The van der Waals surface area contributed by atoms with E-state index in [1.54, 1.807) is 6.92 Å².